The number of pyridine rings is 1. The molecule has 2 aromatic heterocycles. The fraction of sp³-hybridized carbons (Fsp3) is 0.0769. The van der Waals surface area contributed by atoms with Crippen LogP contribution in [-0.4, -0.2) is 19.5 Å². The van der Waals surface area contributed by atoms with Crippen molar-refractivity contribution in [1.82, 2.24) is 14.6 Å². The monoisotopic (exact) mass is 254 g/mol. The van der Waals surface area contributed by atoms with Crippen LogP contribution in [0.25, 0.3) is 5.65 Å². The molecule has 3 rings (SSSR count). The van der Waals surface area contributed by atoms with Crippen LogP contribution in [-0.2, 0) is 6.42 Å². The second-order valence-corrected chi connectivity index (χ2v) is 4.11. The predicted octanol–water partition coefficient (Wildman–Crippen LogP) is 2.23. The zero-order chi connectivity index (χ0) is 13.2. The second-order valence-electron chi connectivity index (χ2n) is 4.11. The number of hydrogen-bond donors (Lipinski definition) is 0. The van der Waals surface area contributed by atoms with Crippen molar-refractivity contribution >= 4 is 11.3 Å². The van der Waals surface area contributed by atoms with E-state index in [-0.39, 0.29) is 11.3 Å². The first-order chi connectivity index (χ1) is 9.24. The van der Waals surface area contributed by atoms with Crippen molar-refractivity contribution in [3.63, 3.8) is 0 Å². The molecule has 3 aromatic rings. The van der Waals surface area contributed by atoms with Gasteiger partial charge in [0.15, 0.2) is 5.82 Å². The molecule has 0 atom stereocenters. The maximum absolute atomic E-state index is 10.9. The van der Waals surface area contributed by atoms with Crippen LogP contribution in [0.4, 0.5) is 5.69 Å². The summed E-state index contributed by atoms with van der Waals surface area (Å²) in [6.07, 6.45) is 2.21. The SMILES string of the molecule is O=[N+]([O-])c1cccn2nc(Cc3ccccc3)nc12. The number of rotatable bonds is 3. The van der Waals surface area contributed by atoms with Crippen molar-refractivity contribution in [1.29, 1.82) is 0 Å². The van der Waals surface area contributed by atoms with E-state index in [0.717, 1.165) is 5.56 Å². The Morgan fingerprint density at radius 1 is 1.16 bits per heavy atom. The van der Waals surface area contributed by atoms with Crippen molar-refractivity contribution in [3.05, 3.63) is 70.2 Å². The molecule has 0 amide bonds. The van der Waals surface area contributed by atoms with Gasteiger partial charge in [-0.25, -0.2) is 9.50 Å². The van der Waals surface area contributed by atoms with Crippen molar-refractivity contribution in [2.45, 2.75) is 6.42 Å². The predicted molar refractivity (Wildman–Crippen MR) is 68.9 cm³/mol. The summed E-state index contributed by atoms with van der Waals surface area (Å²) in [5.74, 6) is 0.570. The summed E-state index contributed by atoms with van der Waals surface area (Å²) in [5.41, 5.74) is 1.31. The van der Waals surface area contributed by atoms with Crippen molar-refractivity contribution < 1.29 is 4.92 Å². The van der Waals surface area contributed by atoms with E-state index in [1.54, 1.807) is 12.3 Å². The maximum atomic E-state index is 10.9. The smallest absolute Gasteiger partial charge is 0.258 e. The Morgan fingerprint density at radius 3 is 2.68 bits per heavy atom. The molecule has 2 heterocycles. The highest BCUT2D eigenvalue weighted by Gasteiger charge is 2.15. The van der Waals surface area contributed by atoms with Crippen LogP contribution >= 0.6 is 0 Å². The highest BCUT2D eigenvalue weighted by molar-refractivity contribution is 5.58. The minimum absolute atomic E-state index is 0.0330. The van der Waals surface area contributed by atoms with Gasteiger partial charge < -0.3 is 0 Å². The maximum Gasteiger partial charge on any atom is 0.313 e. The summed E-state index contributed by atoms with van der Waals surface area (Å²) >= 11 is 0. The summed E-state index contributed by atoms with van der Waals surface area (Å²) in [6.45, 7) is 0. The Hall–Kier alpha value is -2.76. The Balaban J connectivity index is 2.03. The Labute approximate surface area is 108 Å². The molecule has 0 aliphatic heterocycles. The van der Waals surface area contributed by atoms with E-state index in [1.165, 1.54) is 10.6 Å². The molecule has 1 aromatic carbocycles. The summed E-state index contributed by atoms with van der Waals surface area (Å²) in [4.78, 5) is 14.7. The van der Waals surface area contributed by atoms with Crippen LogP contribution in [0.1, 0.15) is 11.4 Å². The summed E-state index contributed by atoms with van der Waals surface area (Å²) in [5, 5.41) is 15.2. The molecule has 0 aliphatic carbocycles. The largest absolute Gasteiger partial charge is 0.313 e. The van der Waals surface area contributed by atoms with Gasteiger partial charge in [-0.2, -0.15) is 5.10 Å². The number of nitrogens with zero attached hydrogens (tertiary/aromatic N) is 4. The lowest BCUT2D eigenvalue weighted by atomic mass is 10.1. The quantitative estimate of drug-likeness (QED) is 0.530. The third-order valence-electron chi connectivity index (χ3n) is 2.79. The molecule has 94 valence electrons. The van der Waals surface area contributed by atoms with E-state index >= 15 is 0 Å². The van der Waals surface area contributed by atoms with Gasteiger partial charge in [0.1, 0.15) is 0 Å². The van der Waals surface area contributed by atoms with E-state index < -0.39 is 4.92 Å². The Morgan fingerprint density at radius 2 is 1.95 bits per heavy atom. The normalized spacial score (nSPS) is 10.7. The standard InChI is InChI=1S/C13H10N4O2/c18-17(19)11-7-4-8-16-13(11)14-12(15-16)9-10-5-2-1-3-6-10/h1-8H,9H2. The van der Waals surface area contributed by atoms with Gasteiger partial charge in [0, 0.05) is 18.7 Å². The average molecular weight is 254 g/mol. The van der Waals surface area contributed by atoms with Crippen LogP contribution in [0.15, 0.2) is 48.7 Å². The molecule has 0 aliphatic rings. The van der Waals surface area contributed by atoms with Crippen LogP contribution in [0.3, 0.4) is 0 Å². The molecule has 0 N–H and O–H groups in total. The van der Waals surface area contributed by atoms with E-state index in [4.69, 9.17) is 0 Å². The van der Waals surface area contributed by atoms with Gasteiger partial charge in [-0.3, -0.25) is 10.1 Å². The van der Waals surface area contributed by atoms with Gasteiger partial charge in [-0.15, -0.1) is 0 Å². The Kier molecular flexibility index (Phi) is 2.68. The lowest BCUT2D eigenvalue weighted by molar-refractivity contribution is -0.383. The third-order valence-corrected chi connectivity index (χ3v) is 2.79. The van der Waals surface area contributed by atoms with Gasteiger partial charge >= 0.3 is 5.69 Å². The van der Waals surface area contributed by atoms with Gasteiger partial charge in [0.05, 0.1) is 4.92 Å². The molecule has 0 unspecified atom stereocenters. The molecular weight excluding hydrogens is 244 g/mol. The molecular formula is C13H10N4O2. The number of hydrogen-bond acceptors (Lipinski definition) is 4. The lowest BCUT2D eigenvalue weighted by Gasteiger charge is -1.94. The second kappa shape index (κ2) is 4.49. The molecule has 0 saturated carbocycles. The van der Waals surface area contributed by atoms with Gasteiger partial charge in [-0.05, 0) is 11.6 Å². The number of fused-ring (bicyclic) bond motifs is 1. The first kappa shape index (κ1) is 11.3. The number of benzene rings is 1. The number of nitro groups is 1. The molecule has 0 saturated heterocycles. The lowest BCUT2D eigenvalue weighted by Crippen LogP contribution is -1.93. The fourth-order valence-corrected chi connectivity index (χ4v) is 1.93. The highest BCUT2D eigenvalue weighted by atomic mass is 16.6. The van der Waals surface area contributed by atoms with E-state index in [0.29, 0.717) is 12.2 Å². The van der Waals surface area contributed by atoms with E-state index in [2.05, 4.69) is 10.1 Å². The first-order valence-corrected chi connectivity index (χ1v) is 5.76. The summed E-state index contributed by atoms with van der Waals surface area (Å²) < 4.78 is 1.44. The third kappa shape index (κ3) is 2.15. The van der Waals surface area contributed by atoms with Crippen LogP contribution in [0.2, 0.25) is 0 Å². The molecule has 6 heteroatoms. The molecule has 6 nitrogen and oxygen atoms in total. The first-order valence-electron chi connectivity index (χ1n) is 5.76. The van der Waals surface area contributed by atoms with Gasteiger partial charge in [0.2, 0.25) is 5.65 Å². The van der Waals surface area contributed by atoms with Crippen molar-refractivity contribution in [2.24, 2.45) is 0 Å². The van der Waals surface area contributed by atoms with Crippen LogP contribution < -0.4 is 0 Å². The fourth-order valence-electron chi connectivity index (χ4n) is 1.93. The molecule has 0 spiro atoms. The molecule has 0 bridgehead atoms. The van der Waals surface area contributed by atoms with E-state index in [1.807, 2.05) is 30.3 Å². The summed E-state index contributed by atoms with van der Waals surface area (Å²) in [6, 6.07) is 12.8. The molecule has 0 radical (unpaired) electrons. The number of aromatic nitrogens is 3. The minimum atomic E-state index is -0.448. The summed E-state index contributed by atoms with van der Waals surface area (Å²) in [7, 11) is 0. The zero-order valence-electron chi connectivity index (χ0n) is 9.93. The van der Waals surface area contributed by atoms with Crippen LogP contribution in [0, 0.1) is 10.1 Å². The molecule has 0 fully saturated rings. The minimum Gasteiger partial charge on any atom is -0.258 e. The van der Waals surface area contributed by atoms with Crippen LogP contribution in [0.5, 0.6) is 0 Å². The Bertz CT molecular complexity index is 737. The average Bonchev–Trinajstić information content (AvgIpc) is 2.81. The van der Waals surface area contributed by atoms with E-state index in [9.17, 15) is 10.1 Å². The van der Waals surface area contributed by atoms with Crippen molar-refractivity contribution in [3.8, 4) is 0 Å². The van der Waals surface area contributed by atoms with Gasteiger partial charge in [-0.1, -0.05) is 30.3 Å². The highest BCUT2D eigenvalue weighted by Crippen LogP contribution is 2.17. The van der Waals surface area contributed by atoms with Crippen molar-refractivity contribution in [2.75, 3.05) is 0 Å². The van der Waals surface area contributed by atoms with Gasteiger partial charge in [0.25, 0.3) is 0 Å². The molecule has 19 heavy (non-hydrogen) atoms. The zero-order valence-corrected chi connectivity index (χ0v) is 9.93. The topological polar surface area (TPSA) is 73.3 Å².